The van der Waals surface area contributed by atoms with Gasteiger partial charge in [-0.1, -0.05) is 12.1 Å². The molecule has 1 saturated carbocycles. The minimum atomic E-state index is -0.896. The SMILES string of the molecule is C/C(C#N)=C1/c2ccc(C(O)c3c(C4CC4)nc4c(Br)cccn34)cc2COc2cc(F)ccc21. The van der Waals surface area contributed by atoms with E-state index < -0.39 is 11.9 Å². The molecule has 0 spiro atoms. The van der Waals surface area contributed by atoms with Gasteiger partial charge in [0.25, 0.3) is 0 Å². The van der Waals surface area contributed by atoms with Gasteiger partial charge in [-0.05, 0) is 82.7 Å². The highest BCUT2D eigenvalue weighted by Crippen LogP contribution is 2.45. The zero-order valence-corrected chi connectivity index (χ0v) is 20.5. The van der Waals surface area contributed by atoms with Crippen molar-refractivity contribution in [3.05, 3.63) is 104 Å². The Morgan fingerprint density at radius 1 is 1.23 bits per heavy atom. The van der Waals surface area contributed by atoms with Crippen molar-refractivity contribution < 1.29 is 14.2 Å². The van der Waals surface area contributed by atoms with Crippen LogP contribution in [0.3, 0.4) is 0 Å². The summed E-state index contributed by atoms with van der Waals surface area (Å²) in [5.41, 5.74) is 6.77. The highest BCUT2D eigenvalue weighted by atomic mass is 79.9. The predicted molar refractivity (Wildman–Crippen MR) is 133 cm³/mol. The minimum absolute atomic E-state index is 0.197. The minimum Gasteiger partial charge on any atom is -0.488 e. The molecule has 0 amide bonds. The van der Waals surface area contributed by atoms with E-state index in [2.05, 4.69) is 22.0 Å². The quantitative estimate of drug-likeness (QED) is 0.310. The average molecular weight is 530 g/mol. The van der Waals surface area contributed by atoms with E-state index in [0.29, 0.717) is 33.9 Å². The molecule has 1 N–H and O–H groups in total. The molecule has 3 heterocycles. The number of imidazole rings is 1. The molecule has 1 aliphatic carbocycles. The molecule has 174 valence electrons. The summed E-state index contributed by atoms with van der Waals surface area (Å²) < 4.78 is 22.8. The fourth-order valence-corrected chi connectivity index (χ4v) is 5.32. The van der Waals surface area contributed by atoms with Gasteiger partial charge >= 0.3 is 0 Å². The predicted octanol–water partition coefficient (Wildman–Crippen LogP) is 6.43. The maximum atomic E-state index is 14.0. The van der Waals surface area contributed by atoms with Crippen LogP contribution in [0.1, 0.15) is 65.4 Å². The summed E-state index contributed by atoms with van der Waals surface area (Å²) in [7, 11) is 0. The summed E-state index contributed by atoms with van der Waals surface area (Å²) in [5, 5.41) is 21.3. The number of aliphatic hydroxyl groups is 1. The van der Waals surface area contributed by atoms with Crippen molar-refractivity contribution in [1.29, 1.82) is 5.26 Å². The van der Waals surface area contributed by atoms with Gasteiger partial charge in [0.1, 0.15) is 24.3 Å². The summed E-state index contributed by atoms with van der Waals surface area (Å²) in [6.07, 6.45) is 3.16. The highest BCUT2D eigenvalue weighted by Gasteiger charge is 2.34. The number of fused-ring (bicyclic) bond motifs is 3. The van der Waals surface area contributed by atoms with E-state index >= 15 is 0 Å². The molecule has 4 aromatic rings. The van der Waals surface area contributed by atoms with Gasteiger partial charge in [0.15, 0.2) is 5.65 Å². The summed E-state index contributed by atoms with van der Waals surface area (Å²) in [6, 6.07) is 16.2. The molecule has 0 radical (unpaired) electrons. The Hall–Kier alpha value is -3.47. The Bertz CT molecular complexity index is 1580. The fraction of sp³-hybridized carbons (Fsp3) is 0.214. The maximum Gasteiger partial charge on any atom is 0.151 e. The van der Waals surface area contributed by atoms with Gasteiger partial charge in [-0.15, -0.1) is 0 Å². The molecule has 1 aliphatic heterocycles. The molecule has 2 aromatic heterocycles. The molecule has 2 aromatic carbocycles. The van der Waals surface area contributed by atoms with Gasteiger partial charge < -0.3 is 9.84 Å². The molecule has 1 atom stereocenters. The number of rotatable bonds is 3. The number of nitriles is 1. The number of halogens is 2. The first-order chi connectivity index (χ1) is 17.0. The normalized spacial score (nSPS) is 17.1. The Morgan fingerprint density at radius 3 is 2.80 bits per heavy atom. The first kappa shape index (κ1) is 22.0. The van der Waals surface area contributed by atoms with Crippen LogP contribution in [0.15, 0.2) is 64.8 Å². The van der Waals surface area contributed by atoms with Gasteiger partial charge in [0, 0.05) is 34.9 Å². The monoisotopic (exact) mass is 529 g/mol. The third-order valence-corrected chi connectivity index (χ3v) is 7.36. The van der Waals surface area contributed by atoms with Gasteiger partial charge in [0.05, 0.1) is 21.9 Å². The van der Waals surface area contributed by atoms with Crippen molar-refractivity contribution in [1.82, 2.24) is 9.38 Å². The number of nitrogens with zero attached hydrogens (tertiary/aromatic N) is 3. The molecule has 5 nitrogen and oxygen atoms in total. The van der Waals surface area contributed by atoms with E-state index in [0.717, 1.165) is 45.5 Å². The molecule has 2 aliphatic rings. The van der Waals surface area contributed by atoms with Gasteiger partial charge in [-0.2, -0.15) is 5.26 Å². The molecule has 0 saturated heterocycles. The molecular weight excluding hydrogens is 509 g/mol. The van der Waals surface area contributed by atoms with Crippen LogP contribution in [0.25, 0.3) is 11.2 Å². The summed E-state index contributed by atoms with van der Waals surface area (Å²) in [6.45, 7) is 1.95. The second-order valence-electron chi connectivity index (χ2n) is 9.07. The van der Waals surface area contributed by atoms with Crippen LogP contribution in [0.2, 0.25) is 0 Å². The number of benzene rings is 2. The third kappa shape index (κ3) is 3.65. The van der Waals surface area contributed by atoms with Crippen molar-refractivity contribution in [2.45, 2.75) is 38.4 Å². The van der Waals surface area contributed by atoms with Crippen molar-refractivity contribution in [3.8, 4) is 11.8 Å². The Kier molecular flexibility index (Phi) is 5.24. The van der Waals surface area contributed by atoms with Crippen LogP contribution in [-0.4, -0.2) is 14.5 Å². The topological polar surface area (TPSA) is 70.5 Å². The van der Waals surface area contributed by atoms with Crippen molar-refractivity contribution in [2.24, 2.45) is 0 Å². The lowest BCUT2D eigenvalue weighted by Gasteiger charge is -2.17. The maximum absolute atomic E-state index is 14.0. The van der Waals surface area contributed by atoms with Crippen molar-refractivity contribution in [2.75, 3.05) is 0 Å². The van der Waals surface area contributed by atoms with E-state index in [4.69, 9.17) is 9.72 Å². The Labute approximate surface area is 210 Å². The first-order valence-electron chi connectivity index (χ1n) is 11.5. The smallest absolute Gasteiger partial charge is 0.151 e. The second-order valence-corrected chi connectivity index (χ2v) is 9.92. The number of allylic oxidation sites excluding steroid dienone is 1. The van der Waals surface area contributed by atoms with E-state index in [1.165, 1.54) is 12.1 Å². The number of ether oxygens (including phenoxy) is 1. The van der Waals surface area contributed by atoms with E-state index in [9.17, 15) is 14.8 Å². The van der Waals surface area contributed by atoms with E-state index in [1.807, 2.05) is 40.9 Å². The summed E-state index contributed by atoms with van der Waals surface area (Å²) in [4.78, 5) is 4.86. The zero-order valence-electron chi connectivity index (χ0n) is 18.9. The van der Waals surface area contributed by atoms with Crippen LogP contribution in [-0.2, 0) is 6.61 Å². The molecule has 7 heteroatoms. The molecule has 1 unspecified atom stereocenters. The number of hydrogen-bond acceptors (Lipinski definition) is 4. The largest absolute Gasteiger partial charge is 0.488 e. The Morgan fingerprint density at radius 2 is 2.03 bits per heavy atom. The first-order valence-corrected chi connectivity index (χ1v) is 12.3. The third-order valence-electron chi connectivity index (χ3n) is 6.74. The average Bonchev–Trinajstić information content (AvgIpc) is 3.65. The number of pyridine rings is 1. The van der Waals surface area contributed by atoms with Crippen LogP contribution >= 0.6 is 15.9 Å². The molecule has 6 rings (SSSR count). The molecule has 1 fully saturated rings. The van der Waals surface area contributed by atoms with Crippen LogP contribution in [0.5, 0.6) is 5.75 Å². The van der Waals surface area contributed by atoms with Crippen molar-refractivity contribution in [3.63, 3.8) is 0 Å². The van der Waals surface area contributed by atoms with Crippen LogP contribution in [0.4, 0.5) is 4.39 Å². The van der Waals surface area contributed by atoms with Gasteiger partial charge in [-0.25, -0.2) is 9.37 Å². The van der Waals surface area contributed by atoms with E-state index in [1.54, 1.807) is 13.0 Å². The van der Waals surface area contributed by atoms with Crippen LogP contribution in [0, 0.1) is 17.1 Å². The fourth-order valence-electron chi connectivity index (χ4n) is 4.89. The second kappa shape index (κ2) is 8.33. The lowest BCUT2D eigenvalue weighted by Crippen LogP contribution is -2.08. The summed E-state index contributed by atoms with van der Waals surface area (Å²) in [5.74, 6) is 0.356. The standard InChI is InChI=1S/C28H21BrFN3O2/c1-15(13-31)24-20-8-6-17(11-18(20)14-35-23-12-19(30)7-9-21(23)24)27(34)26-25(16-4-5-16)32-28-22(29)3-2-10-33(26)28/h2-3,6-12,16,27,34H,4-5,14H2,1H3/b24-15+. The molecule has 35 heavy (non-hydrogen) atoms. The van der Waals surface area contributed by atoms with Gasteiger partial charge in [0.2, 0.25) is 0 Å². The number of aromatic nitrogens is 2. The van der Waals surface area contributed by atoms with Crippen LogP contribution < -0.4 is 4.74 Å². The zero-order chi connectivity index (χ0) is 24.3. The number of aliphatic hydroxyl groups excluding tert-OH is 1. The molecule has 0 bridgehead atoms. The summed E-state index contributed by atoms with van der Waals surface area (Å²) >= 11 is 3.58. The number of hydrogen-bond donors (Lipinski definition) is 1. The Balaban J connectivity index is 1.49. The van der Waals surface area contributed by atoms with Crippen molar-refractivity contribution >= 4 is 27.2 Å². The van der Waals surface area contributed by atoms with Gasteiger partial charge in [-0.3, -0.25) is 4.40 Å². The highest BCUT2D eigenvalue weighted by molar-refractivity contribution is 9.10. The lowest BCUT2D eigenvalue weighted by atomic mass is 9.89. The lowest BCUT2D eigenvalue weighted by molar-refractivity contribution is 0.212. The molecular formula is C28H21BrFN3O2. The van der Waals surface area contributed by atoms with E-state index in [-0.39, 0.29) is 6.61 Å².